The van der Waals surface area contributed by atoms with Gasteiger partial charge in [0.25, 0.3) is 0 Å². The number of nitrogens with one attached hydrogen (secondary N) is 3. The molecule has 0 radical (unpaired) electrons. The lowest BCUT2D eigenvalue weighted by molar-refractivity contribution is -0.203. The first-order valence-electron chi connectivity index (χ1n) is 9.59. The zero-order valence-corrected chi connectivity index (χ0v) is 17.5. The maximum absolute atomic E-state index is 12.7. The maximum Gasteiger partial charge on any atom is 0.408 e. The highest BCUT2D eigenvalue weighted by Crippen LogP contribution is 2.20. The number of aliphatic hydroxyl groups is 3. The molecule has 6 N–H and O–H groups in total. The van der Waals surface area contributed by atoms with Crippen molar-refractivity contribution in [1.29, 1.82) is 0 Å². The van der Waals surface area contributed by atoms with E-state index in [0.29, 0.717) is 12.8 Å². The second-order valence-electron chi connectivity index (χ2n) is 7.98. The molecule has 0 aromatic carbocycles. The van der Waals surface area contributed by atoms with Gasteiger partial charge in [0.1, 0.15) is 36.0 Å². The Hall–Kier alpha value is -1.95. The molecule has 1 aliphatic heterocycles. The van der Waals surface area contributed by atoms with E-state index in [1.807, 2.05) is 6.92 Å². The van der Waals surface area contributed by atoms with Gasteiger partial charge in [-0.05, 0) is 27.2 Å². The van der Waals surface area contributed by atoms with Gasteiger partial charge in [0.15, 0.2) is 6.23 Å². The van der Waals surface area contributed by atoms with Gasteiger partial charge in [0, 0.05) is 6.92 Å². The van der Waals surface area contributed by atoms with Crippen LogP contribution in [0.3, 0.4) is 0 Å². The molecule has 0 aromatic heterocycles. The van der Waals surface area contributed by atoms with Crippen molar-refractivity contribution in [2.75, 3.05) is 6.61 Å². The Labute approximate surface area is 170 Å². The minimum atomic E-state index is -1.49. The Bertz CT molecular complexity index is 580. The molecule has 6 unspecified atom stereocenters. The highest BCUT2D eigenvalue weighted by molar-refractivity contribution is 5.86. The molecular formula is C18H33N3O8. The zero-order chi connectivity index (χ0) is 22.4. The molecule has 1 saturated heterocycles. The number of amides is 3. The first kappa shape index (κ1) is 25.1. The lowest BCUT2D eigenvalue weighted by Crippen LogP contribution is -2.69. The topological polar surface area (TPSA) is 166 Å². The molecule has 1 aliphatic rings. The van der Waals surface area contributed by atoms with Gasteiger partial charge < -0.3 is 40.7 Å². The third-order valence-electron chi connectivity index (χ3n) is 4.17. The van der Waals surface area contributed by atoms with E-state index in [1.165, 1.54) is 6.92 Å². The molecule has 168 valence electrons. The van der Waals surface area contributed by atoms with Gasteiger partial charge in [-0.25, -0.2) is 4.79 Å². The third kappa shape index (κ3) is 7.77. The van der Waals surface area contributed by atoms with E-state index in [2.05, 4.69) is 16.0 Å². The molecule has 0 saturated carbocycles. The Morgan fingerprint density at radius 1 is 1.14 bits per heavy atom. The molecule has 1 fully saturated rings. The summed E-state index contributed by atoms with van der Waals surface area (Å²) in [7, 11) is 0. The number of rotatable bonds is 7. The number of carbonyl (C=O) groups is 3. The highest BCUT2D eigenvalue weighted by atomic mass is 16.6. The van der Waals surface area contributed by atoms with E-state index >= 15 is 0 Å². The Kier molecular flexibility index (Phi) is 9.27. The average molecular weight is 419 g/mol. The number of ether oxygens (including phenoxy) is 2. The van der Waals surface area contributed by atoms with E-state index < -0.39 is 66.7 Å². The van der Waals surface area contributed by atoms with Gasteiger partial charge in [-0.3, -0.25) is 9.59 Å². The lowest BCUT2D eigenvalue weighted by Gasteiger charge is -2.43. The second kappa shape index (κ2) is 10.7. The van der Waals surface area contributed by atoms with Gasteiger partial charge >= 0.3 is 6.09 Å². The number of hydrogen-bond acceptors (Lipinski definition) is 8. The van der Waals surface area contributed by atoms with Crippen LogP contribution in [0, 0.1) is 0 Å². The molecular weight excluding hydrogens is 386 g/mol. The zero-order valence-electron chi connectivity index (χ0n) is 17.5. The minimum absolute atomic E-state index is 0.303. The van der Waals surface area contributed by atoms with Gasteiger partial charge in [0.05, 0.1) is 6.61 Å². The summed E-state index contributed by atoms with van der Waals surface area (Å²) in [6.45, 7) is 7.51. The third-order valence-corrected chi connectivity index (χ3v) is 4.17. The second-order valence-corrected chi connectivity index (χ2v) is 7.98. The summed E-state index contributed by atoms with van der Waals surface area (Å²) in [5.41, 5.74) is -0.741. The first-order chi connectivity index (χ1) is 13.4. The molecule has 29 heavy (non-hydrogen) atoms. The van der Waals surface area contributed by atoms with Crippen LogP contribution in [-0.4, -0.2) is 82.1 Å². The summed E-state index contributed by atoms with van der Waals surface area (Å²) in [5.74, 6) is -1.14. The van der Waals surface area contributed by atoms with Crippen molar-refractivity contribution in [3.8, 4) is 0 Å². The molecule has 0 bridgehead atoms. The Balaban J connectivity index is 2.93. The van der Waals surface area contributed by atoms with Crippen molar-refractivity contribution in [2.45, 2.75) is 89.7 Å². The van der Waals surface area contributed by atoms with Crippen molar-refractivity contribution in [3.63, 3.8) is 0 Å². The molecule has 1 heterocycles. The van der Waals surface area contributed by atoms with Crippen molar-refractivity contribution in [2.24, 2.45) is 0 Å². The molecule has 6 atom stereocenters. The summed E-state index contributed by atoms with van der Waals surface area (Å²) < 4.78 is 10.6. The van der Waals surface area contributed by atoms with Crippen LogP contribution in [0.15, 0.2) is 0 Å². The standard InChI is InChI=1S/C18H33N3O8/c1-6-7-10(20-17(27)29-18(3,4)5)15(26)21-16-12(19-9(2)23)14(25)13(24)11(8-22)28-16/h10-14,16,22,24-25H,6-8H2,1-5H3,(H,19,23)(H,20,27)(H,21,26). The summed E-state index contributed by atoms with van der Waals surface area (Å²) in [6, 6.07) is -2.11. The van der Waals surface area contributed by atoms with Crippen molar-refractivity contribution in [1.82, 2.24) is 16.0 Å². The fourth-order valence-electron chi connectivity index (χ4n) is 2.88. The Morgan fingerprint density at radius 3 is 2.24 bits per heavy atom. The van der Waals surface area contributed by atoms with Crippen LogP contribution in [0.4, 0.5) is 4.79 Å². The van der Waals surface area contributed by atoms with Crippen LogP contribution in [0.1, 0.15) is 47.5 Å². The molecule has 1 rings (SSSR count). The fourth-order valence-corrected chi connectivity index (χ4v) is 2.88. The van der Waals surface area contributed by atoms with Crippen LogP contribution in [0.5, 0.6) is 0 Å². The van der Waals surface area contributed by atoms with E-state index in [9.17, 15) is 29.7 Å². The van der Waals surface area contributed by atoms with Gasteiger partial charge in [-0.2, -0.15) is 0 Å². The van der Waals surface area contributed by atoms with Crippen molar-refractivity contribution >= 4 is 17.9 Å². The monoisotopic (exact) mass is 419 g/mol. The van der Waals surface area contributed by atoms with E-state index in [-0.39, 0.29) is 0 Å². The van der Waals surface area contributed by atoms with Crippen LogP contribution in [0.25, 0.3) is 0 Å². The summed E-state index contributed by atoms with van der Waals surface area (Å²) >= 11 is 0. The van der Waals surface area contributed by atoms with Crippen molar-refractivity contribution < 1.29 is 39.2 Å². The van der Waals surface area contributed by atoms with Crippen LogP contribution in [-0.2, 0) is 19.1 Å². The molecule has 11 heteroatoms. The maximum atomic E-state index is 12.7. The van der Waals surface area contributed by atoms with Gasteiger partial charge in [-0.15, -0.1) is 0 Å². The van der Waals surface area contributed by atoms with Gasteiger partial charge in [-0.1, -0.05) is 13.3 Å². The van der Waals surface area contributed by atoms with Crippen LogP contribution < -0.4 is 16.0 Å². The first-order valence-corrected chi connectivity index (χ1v) is 9.59. The Morgan fingerprint density at radius 2 is 1.76 bits per heavy atom. The molecule has 0 spiro atoms. The predicted octanol–water partition coefficient (Wildman–Crippen LogP) is -1.26. The fraction of sp³-hybridized carbons (Fsp3) is 0.833. The minimum Gasteiger partial charge on any atom is -0.444 e. The quantitative estimate of drug-likeness (QED) is 0.297. The van der Waals surface area contributed by atoms with Crippen LogP contribution >= 0.6 is 0 Å². The molecule has 11 nitrogen and oxygen atoms in total. The molecule has 3 amide bonds. The normalized spacial score (nSPS) is 28.2. The summed E-state index contributed by atoms with van der Waals surface area (Å²) in [4.78, 5) is 36.2. The lowest BCUT2D eigenvalue weighted by atomic mass is 9.95. The summed E-state index contributed by atoms with van der Waals surface area (Å²) in [5, 5.41) is 37.1. The number of carbonyl (C=O) groups excluding carboxylic acids is 3. The van der Waals surface area contributed by atoms with E-state index in [0.717, 1.165) is 0 Å². The number of hydrogen-bond donors (Lipinski definition) is 6. The average Bonchev–Trinajstić information content (AvgIpc) is 2.58. The van der Waals surface area contributed by atoms with E-state index in [4.69, 9.17) is 9.47 Å². The smallest absolute Gasteiger partial charge is 0.408 e. The van der Waals surface area contributed by atoms with Gasteiger partial charge in [0.2, 0.25) is 11.8 Å². The van der Waals surface area contributed by atoms with Crippen molar-refractivity contribution in [3.05, 3.63) is 0 Å². The van der Waals surface area contributed by atoms with Crippen LogP contribution in [0.2, 0.25) is 0 Å². The predicted molar refractivity (Wildman–Crippen MR) is 102 cm³/mol. The largest absolute Gasteiger partial charge is 0.444 e. The number of aliphatic hydroxyl groups excluding tert-OH is 3. The number of alkyl carbamates (subject to hydrolysis) is 1. The highest BCUT2D eigenvalue weighted by Gasteiger charge is 2.45. The molecule has 0 aliphatic carbocycles. The van der Waals surface area contributed by atoms with E-state index in [1.54, 1.807) is 20.8 Å². The molecule has 0 aromatic rings. The summed E-state index contributed by atoms with van der Waals surface area (Å²) in [6.07, 6.45) is -5.23. The SMILES string of the molecule is CCCC(NC(=O)OC(C)(C)C)C(=O)NC1OC(CO)C(O)C(O)C1NC(C)=O.